The molecule has 314 valence electrons. The molecular weight excluding hydrogens is 756 g/mol. The molecule has 1 aliphatic heterocycles. The number of oxime groups is 1. The molecule has 2 N–H and O–H groups in total. The molecule has 0 spiro atoms. The molecule has 0 saturated heterocycles. The van der Waals surface area contributed by atoms with Crippen molar-refractivity contribution in [1.82, 2.24) is 4.90 Å². The number of hydrogen-bond acceptors (Lipinski definition) is 9. The van der Waals surface area contributed by atoms with Crippen LogP contribution < -0.4 is 9.47 Å². The summed E-state index contributed by atoms with van der Waals surface area (Å²) in [6.07, 6.45) is 9.21. The third-order valence-electron chi connectivity index (χ3n) is 11.4. The number of aliphatic hydroxyl groups is 2. The molecule has 6 unspecified atom stereocenters. The summed E-state index contributed by atoms with van der Waals surface area (Å²) in [7, 11) is 0. The third-order valence-corrected chi connectivity index (χ3v) is 11.6. The fourth-order valence-electron chi connectivity index (χ4n) is 9.09. The number of hydrogen-bond donors (Lipinski definition) is 2. The molecule has 0 aromatic heterocycles. The van der Waals surface area contributed by atoms with Crippen LogP contribution in [0.25, 0.3) is 10.8 Å². The van der Waals surface area contributed by atoms with E-state index in [-0.39, 0.29) is 56.5 Å². The minimum absolute atomic E-state index is 0.0608. The summed E-state index contributed by atoms with van der Waals surface area (Å²) in [4.78, 5) is 22.0. The number of unbranched alkanes of at least 4 members (excludes halogenated alkanes) is 2. The van der Waals surface area contributed by atoms with E-state index in [4.69, 9.17) is 40.5 Å². The lowest BCUT2D eigenvalue weighted by Crippen LogP contribution is -2.70. The van der Waals surface area contributed by atoms with Gasteiger partial charge in [0.25, 0.3) is 0 Å². The van der Waals surface area contributed by atoms with Crippen molar-refractivity contribution < 1.29 is 38.8 Å². The van der Waals surface area contributed by atoms with Crippen molar-refractivity contribution in [3.63, 3.8) is 0 Å². The number of carbonyl (C=O) groups excluding carboxylic acids is 1. The Balaban J connectivity index is 1.58. The predicted molar refractivity (Wildman–Crippen MR) is 229 cm³/mol. The number of carbonyl (C=O) groups is 1. The number of rotatable bonds is 19. The number of benzene rings is 3. The van der Waals surface area contributed by atoms with Gasteiger partial charge in [-0.3, -0.25) is 4.90 Å². The fourth-order valence-corrected chi connectivity index (χ4v) is 9.17. The van der Waals surface area contributed by atoms with Gasteiger partial charge in [-0.1, -0.05) is 67.4 Å². The number of aliphatic hydroxyl groups excluding tert-OH is 2. The average Bonchev–Trinajstić information content (AvgIpc) is 3.21. The Morgan fingerprint density at radius 2 is 1.74 bits per heavy atom. The maximum absolute atomic E-state index is 14.1. The van der Waals surface area contributed by atoms with Crippen molar-refractivity contribution in [2.75, 3.05) is 38.9 Å². The topological polar surface area (TPSA) is 119 Å². The summed E-state index contributed by atoms with van der Waals surface area (Å²) in [6.45, 7) is 12.8. The van der Waals surface area contributed by atoms with Gasteiger partial charge in [-0.15, -0.1) is 18.2 Å². The van der Waals surface area contributed by atoms with Crippen LogP contribution in [0.3, 0.4) is 0 Å². The Kier molecular flexibility index (Phi) is 14.8. The fraction of sp³-hybridized carbons (Fsp3) is 0.532. The summed E-state index contributed by atoms with van der Waals surface area (Å²) in [6, 6.07) is 19.6. The zero-order chi connectivity index (χ0) is 41.3. The molecule has 58 heavy (non-hydrogen) atoms. The molecule has 10 nitrogen and oxygen atoms in total. The normalized spacial score (nSPS) is 24.3. The van der Waals surface area contributed by atoms with Gasteiger partial charge in [0.1, 0.15) is 35.5 Å². The summed E-state index contributed by atoms with van der Waals surface area (Å²) < 4.78 is 26.7. The van der Waals surface area contributed by atoms with Gasteiger partial charge in [0.15, 0.2) is 0 Å². The number of allylic oxidation sites excluding steroid dienone is 1. The minimum Gasteiger partial charge on any atom is -0.459 e. The van der Waals surface area contributed by atoms with Crippen LogP contribution in [0.4, 0.5) is 4.79 Å². The van der Waals surface area contributed by atoms with Gasteiger partial charge in [0, 0.05) is 37.7 Å². The smallest absolute Gasteiger partial charge is 0.410 e. The lowest BCUT2D eigenvalue weighted by atomic mass is 9.55. The first-order valence-corrected chi connectivity index (χ1v) is 21.5. The molecule has 1 heterocycles. The van der Waals surface area contributed by atoms with Crippen molar-refractivity contribution in [1.29, 1.82) is 0 Å². The van der Waals surface area contributed by atoms with E-state index < -0.39 is 29.4 Å². The summed E-state index contributed by atoms with van der Waals surface area (Å²) in [5.41, 5.74) is 2.11. The van der Waals surface area contributed by atoms with E-state index in [1.54, 1.807) is 11.0 Å². The second-order valence-electron chi connectivity index (χ2n) is 16.6. The summed E-state index contributed by atoms with van der Waals surface area (Å²) in [5, 5.41) is 26.9. The van der Waals surface area contributed by atoms with Crippen molar-refractivity contribution >= 4 is 34.2 Å². The van der Waals surface area contributed by atoms with E-state index in [1.165, 1.54) is 0 Å². The number of amides is 1. The third kappa shape index (κ3) is 9.68. The molecule has 2 aliphatic carbocycles. The predicted octanol–water partition coefficient (Wildman–Crippen LogP) is 10.2. The number of halogens is 1. The Hall–Kier alpha value is -4.09. The lowest BCUT2D eigenvalue weighted by molar-refractivity contribution is -0.255. The SMILES string of the molecule is C=CCOC12Oc3ccc(Oc4ccc5ccccc5c4)cc3C3C(CCCCO)C(CCCCO)C=C(C(=NOC(C)(C)C)CC1N(CCC)C(=O)OCCCl)C32. The highest BCUT2D eigenvalue weighted by molar-refractivity contribution is 6.18. The second-order valence-corrected chi connectivity index (χ2v) is 17.0. The van der Waals surface area contributed by atoms with Crippen molar-refractivity contribution in [2.24, 2.45) is 22.9 Å². The minimum atomic E-state index is -1.38. The van der Waals surface area contributed by atoms with E-state index in [1.807, 2.05) is 64.1 Å². The maximum Gasteiger partial charge on any atom is 0.410 e. The quantitative estimate of drug-likeness (QED) is 0.0531. The van der Waals surface area contributed by atoms with E-state index in [9.17, 15) is 15.0 Å². The van der Waals surface area contributed by atoms with E-state index >= 15 is 0 Å². The highest BCUT2D eigenvalue weighted by Crippen LogP contribution is 2.62. The molecule has 1 fully saturated rings. The van der Waals surface area contributed by atoms with Crippen LogP contribution in [0.5, 0.6) is 17.2 Å². The van der Waals surface area contributed by atoms with E-state index in [2.05, 4.69) is 36.9 Å². The maximum atomic E-state index is 14.1. The molecule has 0 bridgehead atoms. The Morgan fingerprint density at radius 1 is 1.02 bits per heavy atom. The molecule has 6 rings (SSSR count). The average molecular weight is 817 g/mol. The summed E-state index contributed by atoms with van der Waals surface area (Å²) >= 11 is 6.03. The van der Waals surface area contributed by atoms with Crippen LogP contribution in [0, 0.1) is 17.8 Å². The molecule has 3 aliphatic rings. The summed E-state index contributed by atoms with van der Waals surface area (Å²) in [5.74, 6) is 0.401. The van der Waals surface area contributed by atoms with Crippen LogP contribution in [0.15, 0.2) is 90.1 Å². The van der Waals surface area contributed by atoms with Crippen LogP contribution in [0.1, 0.15) is 90.5 Å². The zero-order valence-electron chi connectivity index (χ0n) is 34.5. The van der Waals surface area contributed by atoms with Crippen molar-refractivity contribution in [2.45, 2.75) is 102 Å². The Morgan fingerprint density at radius 3 is 2.45 bits per heavy atom. The van der Waals surface area contributed by atoms with Gasteiger partial charge in [0.2, 0.25) is 5.79 Å². The van der Waals surface area contributed by atoms with Gasteiger partial charge in [-0.25, -0.2) is 4.79 Å². The van der Waals surface area contributed by atoms with Crippen molar-refractivity contribution in [3.8, 4) is 17.2 Å². The molecule has 1 amide bonds. The van der Waals surface area contributed by atoms with Crippen LogP contribution in [-0.4, -0.2) is 83.2 Å². The molecule has 6 atom stereocenters. The molecule has 0 radical (unpaired) electrons. The number of fused-ring (bicyclic) bond motifs is 3. The van der Waals surface area contributed by atoms with E-state index in [0.717, 1.165) is 59.1 Å². The number of alkyl halides is 1. The zero-order valence-corrected chi connectivity index (χ0v) is 35.3. The second kappa shape index (κ2) is 19.8. The monoisotopic (exact) mass is 816 g/mol. The standard InChI is InChI=1S/C47H61ClN2O8/c1-6-23-50(45(53)54-27-22-48)42-31-40(49-58-46(3,4)5)38-29-34(16-10-12-24-51)37(17-11-13-25-52)43-39-30-36(56-35-19-18-32-14-8-9-15-33(32)28-35)20-21-41(39)57-47(42,44(38)43)55-26-7-2/h7-9,14-15,18-21,28-30,34,37,42-44,51-52H,2,6,10-13,16-17,22-27,31H2,1,3-5H3. The molecule has 3 aromatic rings. The van der Waals surface area contributed by atoms with Gasteiger partial charge >= 0.3 is 6.09 Å². The Labute approximate surface area is 348 Å². The van der Waals surface area contributed by atoms with Gasteiger partial charge in [0.05, 0.1) is 24.1 Å². The van der Waals surface area contributed by atoms with Crippen LogP contribution >= 0.6 is 11.6 Å². The number of ether oxygens (including phenoxy) is 4. The Bertz CT molecular complexity index is 1930. The van der Waals surface area contributed by atoms with Gasteiger partial charge in [-0.05, 0) is 111 Å². The largest absolute Gasteiger partial charge is 0.459 e. The molecule has 11 heteroatoms. The highest BCUT2D eigenvalue weighted by atomic mass is 35.5. The first-order valence-electron chi connectivity index (χ1n) is 21.0. The first kappa shape index (κ1) is 43.5. The molecular formula is C47H61ClN2O8. The highest BCUT2D eigenvalue weighted by Gasteiger charge is 2.65. The van der Waals surface area contributed by atoms with Gasteiger partial charge in [-0.2, -0.15) is 0 Å². The number of nitrogens with zero attached hydrogens (tertiary/aromatic N) is 2. The molecule has 1 saturated carbocycles. The van der Waals surface area contributed by atoms with Crippen LogP contribution in [-0.2, 0) is 14.3 Å². The van der Waals surface area contributed by atoms with E-state index in [0.29, 0.717) is 37.3 Å². The van der Waals surface area contributed by atoms with Crippen LogP contribution in [0.2, 0.25) is 0 Å². The first-order chi connectivity index (χ1) is 28.1. The lowest BCUT2D eigenvalue weighted by Gasteiger charge is -2.60. The van der Waals surface area contributed by atoms with Crippen molar-refractivity contribution in [3.05, 3.63) is 90.5 Å². The molecule has 3 aromatic carbocycles. The van der Waals surface area contributed by atoms with Gasteiger partial charge < -0.3 is 34.0 Å².